The Kier molecular flexibility index (Phi) is 4.62. The summed E-state index contributed by atoms with van der Waals surface area (Å²) in [7, 11) is -3.92. The van der Waals surface area contributed by atoms with Gasteiger partial charge in [0.15, 0.2) is 0 Å². The molecule has 1 N–H and O–H groups in total. The maximum Gasteiger partial charge on any atom is 0.241 e. The molecule has 7 nitrogen and oxygen atoms in total. The van der Waals surface area contributed by atoms with Crippen LogP contribution in [0.15, 0.2) is 35.5 Å². The maximum absolute atomic E-state index is 13.4. The molecule has 1 aromatic heterocycles. The third-order valence-electron chi connectivity index (χ3n) is 2.70. The third-order valence-corrected chi connectivity index (χ3v) is 4.21. The lowest BCUT2D eigenvalue weighted by atomic mass is 10.2. The Morgan fingerprint density at radius 3 is 2.90 bits per heavy atom. The summed E-state index contributed by atoms with van der Waals surface area (Å²) in [6.45, 7) is 0.639. The van der Waals surface area contributed by atoms with Crippen LogP contribution in [0.5, 0.6) is 0 Å². The number of rotatable bonds is 6. The van der Waals surface area contributed by atoms with Crippen LogP contribution in [0.25, 0.3) is 0 Å². The van der Waals surface area contributed by atoms with Crippen LogP contribution in [-0.2, 0) is 16.6 Å². The maximum atomic E-state index is 13.4. The fraction of sp³-hybridized carbons (Fsp3) is 0.250. The number of hydrogen-bond acceptors (Lipinski definition) is 5. The summed E-state index contributed by atoms with van der Waals surface area (Å²) in [5.74, 6) is -0.858. The molecule has 0 amide bonds. The molecule has 0 fully saturated rings. The van der Waals surface area contributed by atoms with Crippen molar-refractivity contribution in [3.63, 3.8) is 0 Å². The molecule has 0 atom stereocenters. The first-order valence-corrected chi connectivity index (χ1v) is 7.55. The van der Waals surface area contributed by atoms with Gasteiger partial charge in [0.1, 0.15) is 22.3 Å². The molecule has 0 aliphatic heterocycles. The number of sulfonamides is 1. The van der Waals surface area contributed by atoms with E-state index in [9.17, 15) is 12.8 Å². The van der Waals surface area contributed by atoms with Crippen LogP contribution in [0.3, 0.4) is 0 Å². The Labute approximate surface area is 121 Å². The van der Waals surface area contributed by atoms with E-state index in [1.54, 1.807) is 16.9 Å². The second kappa shape index (κ2) is 6.43. The van der Waals surface area contributed by atoms with Gasteiger partial charge in [-0.1, -0.05) is 11.3 Å². The number of nitriles is 1. The van der Waals surface area contributed by atoms with Gasteiger partial charge in [0.05, 0.1) is 6.20 Å². The lowest BCUT2D eigenvalue weighted by Gasteiger charge is -2.08. The number of aryl methyl sites for hydroxylation is 1. The summed E-state index contributed by atoms with van der Waals surface area (Å²) in [5, 5.41) is 16.2. The van der Waals surface area contributed by atoms with Gasteiger partial charge in [-0.25, -0.2) is 17.5 Å². The van der Waals surface area contributed by atoms with Gasteiger partial charge < -0.3 is 0 Å². The topological polar surface area (TPSA) is 101 Å². The zero-order chi connectivity index (χ0) is 15.3. The molecule has 0 aliphatic rings. The molecule has 0 spiro atoms. The molecule has 0 aliphatic carbocycles. The van der Waals surface area contributed by atoms with Crippen molar-refractivity contribution in [3.8, 4) is 6.07 Å². The van der Waals surface area contributed by atoms with Crippen LogP contribution < -0.4 is 4.72 Å². The second-order valence-electron chi connectivity index (χ2n) is 4.14. The number of benzene rings is 1. The van der Waals surface area contributed by atoms with E-state index in [1.165, 1.54) is 18.3 Å². The van der Waals surface area contributed by atoms with Gasteiger partial charge in [0.25, 0.3) is 0 Å². The predicted octanol–water partition coefficient (Wildman–Crippen LogP) is 0.657. The fourth-order valence-electron chi connectivity index (χ4n) is 1.71. The highest BCUT2D eigenvalue weighted by Gasteiger charge is 2.20. The smallest absolute Gasteiger partial charge is 0.241 e. The zero-order valence-electron chi connectivity index (χ0n) is 10.9. The highest BCUT2D eigenvalue weighted by atomic mass is 32.2. The van der Waals surface area contributed by atoms with E-state index in [-0.39, 0.29) is 11.4 Å². The van der Waals surface area contributed by atoms with Crippen molar-refractivity contribution in [2.75, 3.05) is 6.54 Å². The van der Waals surface area contributed by atoms with Gasteiger partial charge in [-0.05, 0) is 18.6 Å². The first kappa shape index (κ1) is 15.1. The minimum absolute atomic E-state index is 0.142. The monoisotopic (exact) mass is 309 g/mol. The predicted molar refractivity (Wildman–Crippen MR) is 70.9 cm³/mol. The Morgan fingerprint density at radius 1 is 1.43 bits per heavy atom. The van der Waals surface area contributed by atoms with E-state index < -0.39 is 21.4 Å². The van der Waals surface area contributed by atoms with Crippen LogP contribution >= 0.6 is 0 Å². The highest BCUT2D eigenvalue weighted by molar-refractivity contribution is 7.89. The summed E-state index contributed by atoms with van der Waals surface area (Å²) in [4.78, 5) is -0.356. The van der Waals surface area contributed by atoms with E-state index in [2.05, 4.69) is 15.0 Å². The minimum atomic E-state index is -3.92. The quantitative estimate of drug-likeness (QED) is 0.790. The van der Waals surface area contributed by atoms with E-state index >= 15 is 0 Å². The van der Waals surface area contributed by atoms with Crippen LogP contribution in [0, 0.1) is 17.1 Å². The third kappa shape index (κ3) is 3.62. The zero-order valence-corrected chi connectivity index (χ0v) is 11.7. The number of nitrogens with one attached hydrogen (secondary N) is 1. The van der Waals surface area contributed by atoms with Crippen LogP contribution in [-0.4, -0.2) is 30.0 Å². The van der Waals surface area contributed by atoms with E-state index in [0.29, 0.717) is 13.0 Å². The normalized spacial score (nSPS) is 11.2. The van der Waals surface area contributed by atoms with Crippen molar-refractivity contribution >= 4 is 10.0 Å². The van der Waals surface area contributed by atoms with Crippen LogP contribution in [0.2, 0.25) is 0 Å². The Bertz CT molecular complexity index is 752. The molecule has 110 valence electrons. The Hall–Kier alpha value is -2.31. The largest absolute Gasteiger partial charge is 0.253 e. The summed E-state index contributed by atoms with van der Waals surface area (Å²) in [5.41, 5.74) is -0.485. The summed E-state index contributed by atoms with van der Waals surface area (Å²) in [6.07, 6.45) is 3.67. The summed E-state index contributed by atoms with van der Waals surface area (Å²) >= 11 is 0. The van der Waals surface area contributed by atoms with E-state index in [0.717, 1.165) is 6.07 Å². The molecule has 21 heavy (non-hydrogen) atoms. The number of aromatic nitrogens is 3. The molecule has 2 rings (SSSR count). The number of halogens is 1. The SMILES string of the molecule is N#Cc1c(F)cccc1S(=O)(=O)NCCCn1ccnn1. The van der Waals surface area contributed by atoms with Gasteiger partial charge in [-0.15, -0.1) is 5.10 Å². The molecule has 1 aromatic carbocycles. The molecular weight excluding hydrogens is 297 g/mol. The van der Waals surface area contributed by atoms with Crippen LogP contribution in [0.4, 0.5) is 4.39 Å². The molecule has 0 unspecified atom stereocenters. The molecule has 0 saturated carbocycles. The van der Waals surface area contributed by atoms with Crippen molar-refractivity contribution in [1.82, 2.24) is 19.7 Å². The first-order chi connectivity index (χ1) is 10.0. The second-order valence-corrected chi connectivity index (χ2v) is 5.88. The molecule has 9 heteroatoms. The minimum Gasteiger partial charge on any atom is -0.253 e. The summed E-state index contributed by atoms with van der Waals surface area (Å²) in [6, 6.07) is 5.06. The number of nitrogens with zero attached hydrogens (tertiary/aromatic N) is 4. The van der Waals surface area contributed by atoms with Gasteiger partial charge in [-0.2, -0.15) is 5.26 Å². The highest BCUT2D eigenvalue weighted by Crippen LogP contribution is 2.17. The molecule has 0 radical (unpaired) electrons. The van der Waals surface area contributed by atoms with Gasteiger partial charge in [-0.3, -0.25) is 4.68 Å². The van der Waals surface area contributed by atoms with Gasteiger partial charge in [0, 0.05) is 19.3 Å². The molecule has 2 aromatic rings. The lowest BCUT2D eigenvalue weighted by Crippen LogP contribution is -2.26. The average Bonchev–Trinajstić information content (AvgIpc) is 2.96. The van der Waals surface area contributed by atoms with Crippen molar-refractivity contribution in [2.24, 2.45) is 0 Å². The summed E-state index contributed by atoms with van der Waals surface area (Å²) < 4.78 is 41.4. The number of hydrogen-bond donors (Lipinski definition) is 1. The molecule has 0 saturated heterocycles. The van der Waals surface area contributed by atoms with E-state index in [1.807, 2.05) is 0 Å². The van der Waals surface area contributed by atoms with Crippen molar-refractivity contribution in [3.05, 3.63) is 42.0 Å². The molecule has 1 heterocycles. The molecule has 0 bridgehead atoms. The van der Waals surface area contributed by atoms with Crippen molar-refractivity contribution < 1.29 is 12.8 Å². The Balaban J connectivity index is 2.02. The molecular formula is C12H12FN5O2S. The Morgan fingerprint density at radius 2 is 2.24 bits per heavy atom. The van der Waals surface area contributed by atoms with Crippen LogP contribution in [0.1, 0.15) is 12.0 Å². The standard InChI is InChI=1S/C12H12FN5O2S/c13-11-3-1-4-12(10(11)9-14)21(19,20)16-5-2-7-18-8-6-15-17-18/h1,3-4,6,8,16H,2,5,7H2. The first-order valence-electron chi connectivity index (χ1n) is 6.07. The average molecular weight is 309 g/mol. The van der Waals surface area contributed by atoms with Crippen molar-refractivity contribution in [2.45, 2.75) is 17.9 Å². The lowest BCUT2D eigenvalue weighted by molar-refractivity contribution is 0.541. The van der Waals surface area contributed by atoms with E-state index in [4.69, 9.17) is 5.26 Å². The fourth-order valence-corrected chi connectivity index (χ4v) is 2.95. The van der Waals surface area contributed by atoms with Gasteiger partial charge in [0.2, 0.25) is 10.0 Å². The van der Waals surface area contributed by atoms with Crippen molar-refractivity contribution in [1.29, 1.82) is 5.26 Å². The van der Waals surface area contributed by atoms with Gasteiger partial charge >= 0.3 is 0 Å².